The number of carboxylic acid groups (broad SMARTS) is 1. The highest BCUT2D eigenvalue weighted by Gasteiger charge is 2.44. The number of halogens is 3. The Kier molecular flexibility index (Phi) is 6.29. The number of hydrogen-bond donors (Lipinski definition) is 2. The number of nitrogens with zero attached hydrogens (tertiary/aromatic N) is 5. The van der Waals surface area contributed by atoms with Gasteiger partial charge >= 0.3 is 17.8 Å². The largest absolute Gasteiger partial charge is 0.478 e. The van der Waals surface area contributed by atoms with Crippen LogP contribution < -0.4 is 0 Å². The highest BCUT2D eigenvalue weighted by molar-refractivity contribution is 5.88. The van der Waals surface area contributed by atoms with Gasteiger partial charge in [-0.15, -0.1) is 4.91 Å². The van der Waals surface area contributed by atoms with Gasteiger partial charge < -0.3 is 10.3 Å². The number of carbonyl (C=O) groups is 1. The summed E-state index contributed by atoms with van der Waals surface area (Å²) < 4.78 is 39.3. The average Bonchev–Trinajstić information content (AvgIpc) is 2.85. The van der Waals surface area contributed by atoms with Crippen LogP contribution in [0.2, 0.25) is 0 Å². The van der Waals surface area contributed by atoms with Crippen molar-refractivity contribution >= 4 is 11.7 Å². The average molecular weight is 377 g/mol. The van der Waals surface area contributed by atoms with Gasteiger partial charge in [0.15, 0.2) is 5.34 Å². The van der Waals surface area contributed by atoms with Gasteiger partial charge in [0.25, 0.3) is 0 Å². The first-order valence-corrected chi connectivity index (χ1v) is 6.46. The Hall–Kier alpha value is -3.58. The first kappa shape index (κ1) is 20.5. The standard InChI is InChI=1S/C12H9F3N4O4.HNO2/c1-6-9(19(22)23)10(12(13,14)15)17-18(6)5-7-2-3-16-4-8(7)11(20)21;2-1-3/h2-4H,5H2,1H3,(H,20,21);(H,2,3). The van der Waals surface area contributed by atoms with E-state index in [2.05, 4.69) is 10.1 Å². The van der Waals surface area contributed by atoms with Crippen molar-refractivity contribution in [1.82, 2.24) is 14.8 Å². The molecule has 11 nitrogen and oxygen atoms in total. The molecule has 2 N–H and O–H groups in total. The molecule has 2 rings (SSSR count). The molecular formula is C12H10F3N5O6. The van der Waals surface area contributed by atoms with Crippen LogP contribution in [0.25, 0.3) is 0 Å². The van der Waals surface area contributed by atoms with E-state index in [9.17, 15) is 28.1 Å². The molecule has 0 saturated heterocycles. The number of aromatic nitrogens is 3. The minimum atomic E-state index is -4.99. The molecule has 26 heavy (non-hydrogen) atoms. The van der Waals surface area contributed by atoms with Crippen molar-refractivity contribution < 1.29 is 33.2 Å². The van der Waals surface area contributed by atoms with Gasteiger partial charge in [0.1, 0.15) is 5.69 Å². The number of pyridine rings is 1. The summed E-state index contributed by atoms with van der Waals surface area (Å²) in [5, 5.41) is 31.0. The van der Waals surface area contributed by atoms with E-state index in [0.717, 1.165) is 17.8 Å². The van der Waals surface area contributed by atoms with E-state index >= 15 is 0 Å². The molecule has 0 amide bonds. The number of rotatable bonds is 4. The molecule has 0 bridgehead atoms. The van der Waals surface area contributed by atoms with Gasteiger partial charge in [-0.25, -0.2) is 4.79 Å². The van der Waals surface area contributed by atoms with Crippen molar-refractivity contribution in [3.63, 3.8) is 0 Å². The van der Waals surface area contributed by atoms with Crippen molar-refractivity contribution in [2.75, 3.05) is 0 Å². The molecule has 0 aromatic carbocycles. The summed E-state index contributed by atoms with van der Waals surface area (Å²) >= 11 is 0. The SMILES string of the molecule is Cc1c([N+](=O)[O-])c(C(F)(F)F)nn1Cc1ccncc1C(=O)O.O=NO. The van der Waals surface area contributed by atoms with E-state index in [4.69, 9.17) is 15.2 Å². The summed E-state index contributed by atoms with van der Waals surface area (Å²) in [5.41, 5.74) is -3.19. The van der Waals surface area contributed by atoms with Crippen LogP contribution in [-0.4, -0.2) is 36.0 Å². The van der Waals surface area contributed by atoms with E-state index < -0.39 is 28.5 Å². The third kappa shape index (κ3) is 4.49. The first-order valence-electron chi connectivity index (χ1n) is 6.46. The number of alkyl halides is 3. The van der Waals surface area contributed by atoms with Crippen LogP contribution >= 0.6 is 0 Å². The maximum Gasteiger partial charge on any atom is 0.442 e. The van der Waals surface area contributed by atoms with Crippen LogP contribution in [0.4, 0.5) is 18.9 Å². The lowest BCUT2D eigenvalue weighted by molar-refractivity contribution is -0.388. The topological polar surface area (TPSA) is 161 Å². The van der Waals surface area contributed by atoms with Crippen LogP contribution in [0.5, 0.6) is 0 Å². The fourth-order valence-electron chi connectivity index (χ4n) is 2.02. The second-order valence-electron chi connectivity index (χ2n) is 4.61. The lowest BCUT2D eigenvalue weighted by Crippen LogP contribution is -2.12. The van der Waals surface area contributed by atoms with Crippen LogP contribution in [0.15, 0.2) is 23.8 Å². The van der Waals surface area contributed by atoms with Crippen molar-refractivity contribution in [3.05, 3.63) is 56.0 Å². The van der Waals surface area contributed by atoms with Crippen LogP contribution in [0.3, 0.4) is 0 Å². The summed E-state index contributed by atoms with van der Waals surface area (Å²) in [6.07, 6.45) is -2.69. The van der Waals surface area contributed by atoms with Gasteiger partial charge in [-0.2, -0.15) is 18.3 Å². The minimum absolute atomic E-state index is 0.127. The molecule has 0 radical (unpaired) electrons. The quantitative estimate of drug-likeness (QED) is 0.466. The predicted octanol–water partition coefficient (Wildman–Crippen LogP) is 2.40. The van der Waals surface area contributed by atoms with Crippen molar-refractivity contribution in [1.29, 1.82) is 0 Å². The highest BCUT2D eigenvalue weighted by atomic mass is 19.4. The highest BCUT2D eigenvalue weighted by Crippen LogP contribution is 2.37. The zero-order valence-electron chi connectivity index (χ0n) is 12.8. The normalized spacial score (nSPS) is 10.6. The second kappa shape index (κ2) is 8.00. The molecule has 0 atom stereocenters. The summed E-state index contributed by atoms with van der Waals surface area (Å²) in [6, 6.07) is 1.30. The lowest BCUT2D eigenvalue weighted by Gasteiger charge is -2.07. The summed E-state index contributed by atoms with van der Waals surface area (Å²) in [7, 11) is 0. The Morgan fingerprint density at radius 2 is 2.04 bits per heavy atom. The zero-order valence-corrected chi connectivity index (χ0v) is 12.8. The van der Waals surface area contributed by atoms with Crippen LogP contribution in [0.1, 0.15) is 27.3 Å². The third-order valence-corrected chi connectivity index (χ3v) is 3.09. The monoisotopic (exact) mass is 377 g/mol. The molecule has 0 aliphatic rings. The van der Waals surface area contributed by atoms with Crippen molar-refractivity contribution in [2.24, 2.45) is 5.34 Å². The number of nitro groups is 1. The van der Waals surface area contributed by atoms with Gasteiger partial charge in [-0.1, -0.05) is 0 Å². The first-order chi connectivity index (χ1) is 12.0. The fraction of sp³-hybridized carbons (Fsp3) is 0.250. The van der Waals surface area contributed by atoms with Gasteiger partial charge in [0, 0.05) is 12.4 Å². The molecule has 0 unspecified atom stereocenters. The molecule has 140 valence electrons. The molecule has 0 aliphatic carbocycles. The molecule has 0 fully saturated rings. The number of carboxylic acids is 1. The van der Waals surface area contributed by atoms with Gasteiger partial charge in [0.2, 0.25) is 5.69 Å². The predicted molar refractivity (Wildman–Crippen MR) is 76.5 cm³/mol. The fourth-order valence-corrected chi connectivity index (χ4v) is 2.02. The molecule has 2 aromatic heterocycles. The Morgan fingerprint density at radius 1 is 1.46 bits per heavy atom. The van der Waals surface area contributed by atoms with Crippen LogP contribution in [-0.2, 0) is 12.7 Å². The van der Waals surface area contributed by atoms with Gasteiger partial charge in [-0.05, 0) is 18.6 Å². The summed E-state index contributed by atoms with van der Waals surface area (Å²) in [4.78, 5) is 32.5. The van der Waals surface area contributed by atoms with E-state index in [1.165, 1.54) is 17.6 Å². The smallest absolute Gasteiger partial charge is 0.442 e. The van der Waals surface area contributed by atoms with Crippen LogP contribution in [0, 0.1) is 21.9 Å². The van der Waals surface area contributed by atoms with E-state index in [-0.39, 0.29) is 23.4 Å². The summed E-state index contributed by atoms with van der Waals surface area (Å²) in [6.45, 7) is 0.745. The van der Waals surface area contributed by atoms with Gasteiger partial charge in [-0.3, -0.25) is 19.8 Å². The lowest BCUT2D eigenvalue weighted by atomic mass is 10.1. The molecule has 14 heteroatoms. The molecular weight excluding hydrogens is 367 g/mol. The Labute approximate surface area is 141 Å². The van der Waals surface area contributed by atoms with E-state index in [1.807, 2.05) is 0 Å². The van der Waals surface area contributed by atoms with Crippen molar-refractivity contribution in [3.8, 4) is 0 Å². The van der Waals surface area contributed by atoms with E-state index in [1.54, 1.807) is 0 Å². The molecule has 0 aliphatic heterocycles. The van der Waals surface area contributed by atoms with Crippen molar-refractivity contribution in [2.45, 2.75) is 19.6 Å². The van der Waals surface area contributed by atoms with Gasteiger partial charge in [0.05, 0.1) is 17.0 Å². The maximum atomic E-state index is 12.9. The summed E-state index contributed by atoms with van der Waals surface area (Å²) in [5.74, 6) is -1.32. The Morgan fingerprint density at radius 3 is 2.46 bits per heavy atom. The number of aromatic carboxylic acids is 1. The number of hydrogen-bond acceptors (Lipinski definition) is 7. The molecule has 0 saturated carbocycles. The Bertz CT molecular complexity index is 835. The molecule has 0 spiro atoms. The molecule has 2 heterocycles. The zero-order chi connectivity index (χ0) is 20.1. The maximum absolute atomic E-state index is 12.9. The third-order valence-electron chi connectivity index (χ3n) is 3.09. The Balaban J connectivity index is 0.00000105. The second-order valence-corrected chi connectivity index (χ2v) is 4.61. The molecule has 2 aromatic rings. The minimum Gasteiger partial charge on any atom is -0.478 e. The van der Waals surface area contributed by atoms with E-state index in [0.29, 0.717) is 0 Å².